The van der Waals surface area contributed by atoms with Gasteiger partial charge in [-0.3, -0.25) is 0 Å². The third-order valence-corrected chi connectivity index (χ3v) is 5.31. The summed E-state index contributed by atoms with van der Waals surface area (Å²) in [5, 5.41) is 5.17. The van der Waals surface area contributed by atoms with E-state index >= 15 is 0 Å². The quantitative estimate of drug-likeness (QED) is 0.779. The minimum atomic E-state index is -4.49. The SMILES string of the molecule is O=C(NC1(c2nccs2)COC1)Oc1ccc(C2CC2)c(OCC(F)(F)F)n1. The van der Waals surface area contributed by atoms with Crippen LogP contribution in [0.5, 0.6) is 11.8 Å². The molecule has 1 aliphatic heterocycles. The van der Waals surface area contributed by atoms with Crippen molar-refractivity contribution in [2.45, 2.75) is 30.5 Å². The Balaban J connectivity index is 1.46. The lowest BCUT2D eigenvalue weighted by Crippen LogP contribution is -2.59. The summed E-state index contributed by atoms with van der Waals surface area (Å²) in [7, 11) is 0. The molecule has 0 atom stereocenters. The zero-order chi connectivity index (χ0) is 19.8. The Morgan fingerprint density at radius 1 is 1.36 bits per heavy atom. The number of aromatic nitrogens is 2. The summed E-state index contributed by atoms with van der Waals surface area (Å²) in [6.45, 7) is -0.951. The van der Waals surface area contributed by atoms with Crippen LogP contribution in [0.25, 0.3) is 0 Å². The number of hydrogen-bond acceptors (Lipinski definition) is 7. The third kappa shape index (κ3) is 4.20. The second-order valence-electron chi connectivity index (χ2n) is 6.65. The van der Waals surface area contributed by atoms with Gasteiger partial charge >= 0.3 is 12.3 Å². The summed E-state index contributed by atoms with van der Waals surface area (Å²) in [5.41, 5.74) is -0.182. The van der Waals surface area contributed by atoms with E-state index in [2.05, 4.69) is 15.3 Å². The molecule has 7 nitrogen and oxygen atoms in total. The smallest absolute Gasteiger partial charge is 0.422 e. The summed E-state index contributed by atoms with van der Waals surface area (Å²) in [5.74, 6) is -0.181. The van der Waals surface area contributed by atoms with Crippen molar-refractivity contribution in [2.75, 3.05) is 19.8 Å². The van der Waals surface area contributed by atoms with Gasteiger partial charge in [-0.2, -0.15) is 18.2 Å². The maximum atomic E-state index is 12.5. The minimum Gasteiger partial charge on any atom is -0.468 e. The maximum absolute atomic E-state index is 12.5. The minimum absolute atomic E-state index is 0.124. The van der Waals surface area contributed by atoms with Crippen LogP contribution in [0.1, 0.15) is 29.3 Å². The first-order valence-corrected chi connectivity index (χ1v) is 9.41. The second kappa shape index (κ2) is 7.21. The summed E-state index contributed by atoms with van der Waals surface area (Å²) < 4.78 is 52.7. The molecule has 3 heterocycles. The van der Waals surface area contributed by atoms with Crippen molar-refractivity contribution < 1.29 is 32.2 Å². The van der Waals surface area contributed by atoms with E-state index < -0.39 is 24.4 Å². The molecule has 2 aromatic rings. The first-order chi connectivity index (χ1) is 13.3. The summed E-state index contributed by atoms with van der Waals surface area (Å²) in [6, 6.07) is 3.03. The number of nitrogens with one attached hydrogen (secondary N) is 1. The molecule has 1 saturated heterocycles. The number of carbonyl (C=O) groups excluding carboxylic acids is 1. The molecule has 150 valence electrons. The zero-order valence-electron chi connectivity index (χ0n) is 14.5. The fourth-order valence-electron chi connectivity index (χ4n) is 2.79. The van der Waals surface area contributed by atoms with Gasteiger partial charge in [0.1, 0.15) is 10.5 Å². The highest BCUT2D eigenvalue weighted by atomic mass is 32.1. The van der Waals surface area contributed by atoms with E-state index in [1.54, 1.807) is 17.6 Å². The molecular weight excluding hydrogens is 399 g/mol. The van der Waals surface area contributed by atoms with Crippen LogP contribution < -0.4 is 14.8 Å². The molecule has 1 saturated carbocycles. The second-order valence-corrected chi connectivity index (χ2v) is 7.54. The predicted molar refractivity (Wildman–Crippen MR) is 91.5 cm³/mol. The number of carbonyl (C=O) groups is 1. The topological polar surface area (TPSA) is 82.6 Å². The Hall–Kier alpha value is -2.40. The zero-order valence-corrected chi connectivity index (χ0v) is 15.3. The third-order valence-electron chi connectivity index (χ3n) is 4.33. The molecule has 11 heteroatoms. The van der Waals surface area contributed by atoms with Crippen molar-refractivity contribution in [3.8, 4) is 11.8 Å². The molecule has 2 fully saturated rings. The molecule has 2 aliphatic rings. The van der Waals surface area contributed by atoms with E-state index in [-0.39, 0.29) is 30.9 Å². The lowest BCUT2D eigenvalue weighted by atomic mass is 9.99. The van der Waals surface area contributed by atoms with Crippen molar-refractivity contribution in [3.05, 3.63) is 34.3 Å². The average molecular weight is 415 g/mol. The Labute approximate surface area is 161 Å². The van der Waals surface area contributed by atoms with Crippen molar-refractivity contribution in [1.29, 1.82) is 0 Å². The Morgan fingerprint density at radius 3 is 2.71 bits per heavy atom. The largest absolute Gasteiger partial charge is 0.468 e. The van der Waals surface area contributed by atoms with E-state index in [0.29, 0.717) is 10.6 Å². The highest BCUT2D eigenvalue weighted by Crippen LogP contribution is 2.44. The number of thiazole rings is 1. The molecule has 1 aliphatic carbocycles. The van der Waals surface area contributed by atoms with E-state index in [9.17, 15) is 18.0 Å². The lowest BCUT2D eigenvalue weighted by molar-refractivity contribution is -0.154. The van der Waals surface area contributed by atoms with Crippen LogP contribution in [0.4, 0.5) is 18.0 Å². The highest BCUT2D eigenvalue weighted by molar-refractivity contribution is 7.09. The van der Waals surface area contributed by atoms with Gasteiger partial charge in [0, 0.05) is 23.2 Å². The normalized spacial score (nSPS) is 18.2. The maximum Gasteiger partial charge on any atom is 0.422 e. The van der Waals surface area contributed by atoms with Crippen molar-refractivity contribution >= 4 is 17.4 Å². The van der Waals surface area contributed by atoms with Crippen LogP contribution in [0, 0.1) is 0 Å². The Morgan fingerprint density at radius 2 is 2.14 bits per heavy atom. The molecular formula is C17H16F3N3O4S. The van der Waals surface area contributed by atoms with Crippen LogP contribution in [0.15, 0.2) is 23.7 Å². The molecule has 1 N–H and O–H groups in total. The highest BCUT2D eigenvalue weighted by Gasteiger charge is 2.45. The van der Waals surface area contributed by atoms with Gasteiger partial charge in [0.25, 0.3) is 0 Å². The first-order valence-electron chi connectivity index (χ1n) is 8.53. The van der Waals surface area contributed by atoms with Gasteiger partial charge in [-0.15, -0.1) is 11.3 Å². The summed E-state index contributed by atoms with van der Waals surface area (Å²) >= 11 is 1.37. The lowest BCUT2D eigenvalue weighted by Gasteiger charge is -2.39. The van der Waals surface area contributed by atoms with Gasteiger partial charge in [-0.25, -0.2) is 9.78 Å². The van der Waals surface area contributed by atoms with Crippen molar-refractivity contribution in [1.82, 2.24) is 15.3 Å². The Bertz CT molecular complexity index is 852. The van der Waals surface area contributed by atoms with Crippen LogP contribution >= 0.6 is 11.3 Å². The number of ether oxygens (including phenoxy) is 3. The molecule has 2 aromatic heterocycles. The van der Waals surface area contributed by atoms with Crippen LogP contribution in [0.2, 0.25) is 0 Å². The van der Waals surface area contributed by atoms with Crippen LogP contribution in [0.3, 0.4) is 0 Å². The van der Waals surface area contributed by atoms with Crippen LogP contribution in [-0.4, -0.2) is 42.1 Å². The fraction of sp³-hybridized carbons (Fsp3) is 0.471. The molecule has 0 radical (unpaired) electrons. The summed E-state index contributed by atoms with van der Waals surface area (Å²) in [6.07, 6.45) is -1.94. The van der Waals surface area contributed by atoms with Crippen molar-refractivity contribution in [2.24, 2.45) is 0 Å². The van der Waals surface area contributed by atoms with Crippen LogP contribution in [-0.2, 0) is 10.3 Å². The standard InChI is InChI=1S/C17H16F3N3O4S/c18-17(19,20)9-26-13-11(10-1-2-10)3-4-12(22-13)27-15(24)23-16(7-25-8-16)14-21-5-6-28-14/h3-6,10H,1-2,7-9H2,(H,23,24). The number of hydrogen-bond donors (Lipinski definition) is 1. The average Bonchev–Trinajstić information content (AvgIpc) is 3.29. The molecule has 1 amide bonds. The van der Waals surface area contributed by atoms with E-state index in [0.717, 1.165) is 12.8 Å². The molecule has 0 unspecified atom stereocenters. The molecule has 0 bridgehead atoms. The van der Waals surface area contributed by atoms with Gasteiger partial charge in [0.15, 0.2) is 6.61 Å². The van der Waals surface area contributed by atoms with Gasteiger partial charge in [0.05, 0.1) is 13.2 Å². The van der Waals surface area contributed by atoms with E-state index in [1.165, 1.54) is 17.4 Å². The first kappa shape index (κ1) is 18.9. The number of pyridine rings is 1. The van der Waals surface area contributed by atoms with E-state index in [4.69, 9.17) is 14.2 Å². The number of amides is 1. The number of rotatable bonds is 6. The van der Waals surface area contributed by atoms with Crippen molar-refractivity contribution in [3.63, 3.8) is 0 Å². The Kier molecular flexibility index (Phi) is 4.88. The number of nitrogens with zero attached hydrogens (tertiary/aromatic N) is 2. The van der Waals surface area contributed by atoms with Gasteiger partial charge in [-0.05, 0) is 24.8 Å². The van der Waals surface area contributed by atoms with Gasteiger partial charge in [0.2, 0.25) is 11.8 Å². The predicted octanol–water partition coefficient (Wildman–Crippen LogP) is 3.37. The number of halogens is 3. The molecule has 28 heavy (non-hydrogen) atoms. The molecule has 0 aromatic carbocycles. The summed E-state index contributed by atoms with van der Waals surface area (Å²) in [4.78, 5) is 20.5. The van der Waals surface area contributed by atoms with Gasteiger partial charge in [-0.1, -0.05) is 0 Å². The van der Waals surface area contributed by atoms with Gasteiger partial charge < -0.3 is 19.5 Å². The van der Waals surface area contributed by atoms with E-state index in [1.807, 2.05) is 0 Å². The number of alkyl halides is 3. The molecule has 4 rings (SSSR count). The fourth-order valence-corrected chi connectivity index (χ4v) is 3.56. The molecule has 0 spiro atoms. The monoisotopic (exact) mass is 415 g/mol.